The lowest BCUT2D eigenvalue weighted by Crippen LogP contribution is -1.97. The van der Waals surface area contributed by atoms with Crippen LogP contribution in [0.5, 0.6) is 5.75 Å². The Labute approximate surface area is 102 Å². The largest absolute Gasteiger partial charge is 0.489 e. The Kier molecular flexibility index (Phi) is 3.81. The SMILES string of the molecule is CCc1ccccc1OCc1cnn(CC)c1. The first-order valence-corrected chi connectivity index (χ1v) is 6.05. The summed E-state index contributed by atoms with van der Waals surface area (Å²) in [5.41, 5.74) is 2.35. The van der Waals surface area contributed by atoms with Gasteiger partial charge in [0, 0.05) is 18.3 Å². The minimum Gasteiger partial charge on any atom is -0.489 e. The van der Waals surface area contributed by atoms with Crippen molar-refractivity contribution < 1.29 is 4.74 Å². The van der Waals surface area contributed by atoms with Crippen molar-refractivity contribution in [2.45, 2.75) is 33.4 Å². The topological polar surface area (TPSA) is 27.1 Å². The van der Waals surface area contributed by atoms with Gasteiger partial charge in [-0.1, -0.05) is 25.1 Å². The Bertz CT molecular complexity index is 477. The molecule has 0 N–H and O–H groups in total. The van der Waals surface area contributed by atoms with Crippen LogP contribution in [0.2, 0.25) is 0 Å². The summed E-state index contributed by atoms with van der Waals surface area (Å²) in [7, 11) is 0. The Hall–Kier alpha value is -1.77. The molecule has 0 saturated heterocycles. The number of hydrogen-bond donors (Lipinski definition) is 0. The van der Waals surface area contributed by atoms with Crippen molar-refractivity contribution in [1.82, 2.24) is 9.78 Å². The number of hydrogen-bond acceptors (Lipinski definition) is 2. The fraction of sp³-hybridized carbons (Fsp3) is 0.357. The molecule has 90 valence electrons. The first-order valence-electron chi connectivity index (χ1n) is 6.05. The van der Waals surface area contributed by atoms with Crippen molar-refractivity contribution >= 4 is 0 Å². The quantitative estimate of drug-likeness (QED) is 0.789. The summed E-state index contributed by atoms with van der Waals surface area (Å²) in [5.74, 6) is 0.972. The highest BCUT2D eigenvalue weighted by molar-refractivity contribution is 5.33. The molecule has 17 heavy (non-hydrogen) atoms. The molecule has 3 heteroatoms. The van der Waals surface area contributed by atoms with E-state index in [9.17, 15) is 0 Å². The van der Waals surface area contributed by atoms with E-state index in [4.69, 9.17) is 4.74 Å². The highest BCUT2D eigenvalue weighted by Gasteiger charge is 2.02. The molecule has 1 aromatic carbocycles. The Morgan fingerprint density at radius 3 is 2.76 bits per heavy atom. The Morgan fingerprint density at radius 1 is 1.24 bits per heavy atom. The molecular weight excluding hydrogens is 212 g/mol. The van der Waals surface area contributed by atoms with Gasteiger partial charge in [-0.2, -0.15) is 5.10 Å². The molecule has 3 nitrogen and oxygen atoms in total. The number of para-hydroxylation sites is 1. The van der Waals surface area contributed by atoms with E-state index in [0.29, 0.717) is 6.61 Å². The second-order valence-corrected chi connectivity index (χ2v) is 3.95. The van der Waals surface area contributed by atoms with Gasteiger partial charge in [0.2, 0.25) is 0 Å². The Morgan fingerprint density at radius 2 is 2.06 bits per heavy atom. The second kappa shape index (κ2) is 5.53. The molecule has 0 aliphatic rings. The van der Waals surface area contributed by atoms with Crippen molar-refractivity contribution in [2.24, 2.45) is 0 Å². The normalized spacial score (nSPS) is 10.5. The molecule has 0 saturated carbocycles. The number of ether oxygens (including phenoxy) is 1. The molecule has 0 atom stereocenters. The van der Waals surface area contributed by atoms with Crippen LogP contribution in [0, 0.1) is 0 Å². The number of aromatic nitrogens is 2. The van der Waals surface area contributed by atoms with Gasteiger partial charge in [-0.05, 0) is 25.0 Å². The van der Waals surface area contributed by atoms with Crippen LogP contribution in [-0.2, 0) is 19.6 Å². The monoisotopic (exact) mass is 230 g/mol. The lowest BCUT2D eigenvalue weighted by molar-refractivity contribution is 0.303. The van der Waals surface area contributed by atoms with Crippen molar-refractivity contribution in [3.05, 3.63) is 47.8 Å². The fourth-order valence-electron chi connectivity index (χ4n) is 1.75. The minimum atomic E-state index is 0.580. The molecule has 0 amide bonds. The third-order valence-electron chi connectivity index (χ3n) is 2.76. The molecule has 0 aliphatic heterocycles. The van der Waals surface area contributed by atoms with Crippen LogP contribution >= 0.6 is 0 Å². The van der Waals surface area contributed by atoms with Crippen LogP contribution in [0.4, 0.5) is 0 Å². The van der Waals surface area contributed by atoms with Gasteiger partial charge >= 0.3 is 0 Å². The van der Waals surface area contributed by atoms with Gasteiger partial charge in [-0.25, -0.2) is 0 Å². The predicted molar refractivity (Wildman–Crippen MR) is 68.1 cm³/mol. The van der Waals surface area contributed by atoms with Gasteiger partial charge in [0.15, 0.2) is 0 Å². The number of rotatable bonds is 5. The van der Waals surface area contributed by atoms with Crippen molar-refractivity contribution in [1.29, 1.82) is 0 Å². The van der Waals surface area contributed by atoms with Crippen LogP contribution in [0.15, 0.2) is 36.7 Å². The number of nitrogens with zero attached hydrogens (tertiary/aromatic N) is 2. The molecule has 0 radical (unpaired) electrons. The van der Waals surface area contributed by atoms with E-state index in [1.54, 1.807) is 0 Å². The molecule has 0 aliphatic carbocycles. The average molecular weight is 230 g/mol. The van der Waals surface area contributed by atoms with E-state index in [0.717, 1.165) is 24.3 Å². The van der Waals surface area contributed by atoms with Crippen molar-refractivity contribution in [3.63, 3.8) is 0 Å². The summed E-state index contributed by atoms with van der Waals surface area (Å²) >= 11 is 0. The summed E-state index contributed by atoms with van der Waals surface area (Å²) in [6.07, 6.45) is 4.87. The smallest absolute Gasteiger partial charge is 0.122 e. The standard InChI is InChI=1S/C14H18N2O/c1-3-13-7-5-6-8-14(13)17-11-12-9-15-16(4-2)10-12/h5-10H,3-4,11H2,1-2H3. The maximum Gasteiger partial charge on any atom is 0.122 e. The van der Waals surface area contributed by atoms with Crippen LogP contribution < -0.4 is 4.74 Å². The van der Waals surface area contributed by atoms with Crippen LogP contribution in [0.3, 0.4) is 0 Å². The lowest BCUT2D eigenvalue weighted by Gasteiger charge is -2.08. The van der Waals surface area contributed by atoms with Gasteiger partial charge in [0.05, 0.1) is 6.20 Å². The first kappa shape index (κ1) is 11.7. The van der Waals surface area contributed by atoms with E-state index < -0.39 is 0 Å². The maximum absolute atomic E-state index is 5.82. The van der Waals surface area contributed by atoms with E-state index in [1.807, 2.05) is 35.3 Å². The van der Waals surface area contributed by atoms with E-state index >= 15 is 0 Å². The van der Waals surface area contributed by atoms with Gasteiger partial charge in [0.1, 0.15) is 12.4 Å². The van der Waals surface area contributed by atoms with E-state index in [2.05, 4.69) is 25.0 Å². The minimum absolute atomic E-state index is 0.580. The second-order valence-electron chi connectivity index (χ2n) is 3.95. The molecule has 2 rings (SSSR count). The van der Waals surface area contributed by atoms with Gasteiger partial charge in [0.25, 0.3) is 0 Å². The summed E-state index contributed by atoms with van der Waals surface area (Å²) in [6.45, 7) is 5.68. The first-order chi connectivity index (χ1) is 8.33. The van der Waals surface area contributed by atoms with Crippen molar-refractivity contribution in [3.8, 4) is 5.75 Å². The zero-order chi connectivity index (χ0) is 12.1. The highest BCUT2D eigenvalue weighted by Crippen LogP contribution is 2.19. The summed E-state index contributed by atoms with van der Waals surface area (Å²) in [5, 5.41) is 4.23. The highest BCUT2D eigenvalue weighted by atomic mass is 16.5. The molecule has 0 spiro atoms. The summed E-state index contributed by atoms with van der Waals surface area (Å²) < 4.78 is 7.73. The van der Waals surface area contributed by atoms with Gasteiger partial charge < -0.3 is 4.74 Å². The van der Waals surface area contributed by atoms with Crippen LogP contribution in [0.1, 0.15) is 25.0 Å². The van der Waals surface area contributed by atoms with E-state index in [1.165, 1.54) is 5.56 Å². The zero-order valence-electron chi connectivity index (χ0n) is 10.4. The van der Waals surface area contributed by atoms with Gasteiger partial charge in [-0.15, -0.1) is 0 Å². The molecule has 1 heterocycles. The summed E-state index contributed by atoms with van der Waals surface area (Å²) in [4.78, 5) is 0. The maximum atomic E-state index is 5.82. The third-order valence-corrected chi connectivity index (χ3v) is 2.76. The molecule has 0 fully saturated rings. The molecule has 1 aromatic heterocycles. The number of aryl methyl sites for hydroxylation is 2. The Balaban J connectivity index is 2.01. The van der Waals surface area contributed by atoms with Gasteiger partial charge in [-0.3, -0.25) is 4.68 Å². The fourth-order valence-corrected chi connectivity index (χ4v) is 1.75. The molecule has 2 aromatic rings. The molecular formula is C14H18N2O. The lowest BCUT2D eigenvalue weighted by atomic mass is 10.1. The third kappa shape index (κ3) is 2.87. The van der Waals surface area contributed by atoms with Crippen LogP contribution in [-0.4, -0.2) is 9.78 Å². The average Bonchev–Trinajstić information content (AvgIpc) is 2.84. The van der Waals surface area contributed by atoms with Crippen LogP contribution in [0.25, 0.3) is 0 Å². The number of benzene rings is 1. The van der Waals surface area contributed by atoms with E-state index in [-0.39, 0.29) is 0 Å². The molecule has 0 bridgehead atoms. The predicted octanol–water partition coefficient (Wildman–Crippen LogP) is 3.04. The molecule has 0 unspecified atom stereocenters. The zero-order valence-corrected chi connectivity index (χ0v) is 10.4. The van der Waals surface area contributed by atoms with Crippen molar-refractivity contribution in [2.75, 3.05) is 0 Å². The summed E-state index contributed by atoms with van der Waals surface area (Å²) in [6, 6.07) is 8.17.